The van der Waals surface area contributed by atoms with Gasteiger partial charge in [-0.05, 0) is 45.4 Å². The minimum atomic E-state index is -0.312. The molecule has 1 aromatic rings. The van der Waals surface area contributed by atoms with E-state index < -0.39 is 0 Å². The van der Waals surface area contributed by atoms with Gasteiger partial charge in [0.1, 0.15) is 5.82 Å². The van der Waals surface area contributed by atoms with E-state index in [1.54, 1.807) is 0 Å². The zero-order valence-corrected chi connectivity index (χ0v) is 13.2. The van der Waals surface area contributed by atoms with Gasteiger partial charge in [0, 0.05) is 20.3 Å². The molecule has 0 amide bonds. The summed E-state index contributed by atoms with van der Waals surface area (Å²) < 4.78 is 11.8. The Morgan fingerprint density at radius 1 is 1.10 bits per heavy atom. The van der Waals surface area contributed by atoms with E-state index in [0.29, 0.717) is 0 Å². The molecule has 0 spiro atoms. The predicted octanol–water partition coefficient (Wildman–Crippen LogP) is 2.79. The lowest BCUT2D eigenvalue weighted by Gasteiger charge is -2.32. The molecule has 0 bridgehead atoms. The second-order valence-electron chi connectivity index (χ2n) is 6.33. The van der Waals surface area contributed by atoms with E-state index in [-0.39, 0.29) is 18.3 Å². The van der Waals surface area contributed by atoms with Crippen molar-refractivity contribution < 1.29 is 9.31 Å². The third-order valence-electron chi connectivity index (χ3n) is 3.95. The molecule has 2 heterocycles. The highest BCUT2D eigenvalue weighted by molar-refractivity contribution is 6.52. The van der Waals surface area contributed by atoms with Gasteiger partial charge in [-0.3, -0.25) is 0 Å². The van der Waals surface area contributed by atoms with E-state index in [4.69, 9.17) is 9.31 Å². The number of anilines is 1. The lowest BCUT2D eigenvalue weighted by Crippen LogP contribution is -2.41. The van der Waals surface area contributed by atoms with Gasteiger partial charge < -0.3 is 14.2 Å². The summed E-state index contributed by atoms with van der Waals surface area (Å²) in [6.07, 6.45) is 3.83. The van der Waals surface area contributed by atoms with Crippen molar-refractivity contribution in [3.8, 4) is 0 Å². The number of hydrogen-bond donors (Lipinski definition) is 0. The molecular formula is C15H23BN2O2. The third-order valence-corrected chi connectivity index (χ3v) is 3.95. The molecule has 0 atom stereocenters. The van der Waals surface area contributed by atoms with Gasteiger partial charge >= 0.3 is 7.12 Å². The predicted molar refractivity (Wildman–Crippen MR) is 83.7 cm³/mol. The average Bonchev–Trinajstić information content (AvgIpc) is 2.56. The first kappa shape index (κ1) is 15.1. The Morgan fingerprint density at radius 3 is 2.15 bits per heavy atom. The highest BCUT2D eigenvalue weighted by Crippen LogP contribution is 2.36. The van der Waals surface area contributed by atoms with Crippen molar-refractivity contribution in [1.82, 2.24) is 4.98 Å². The third kappa shape index (κ3) is 3.05. The molecule has 2 rings (SSSR count). The average molecular weight is 274 g/mol. The zero-order chi connectivity index (χ0) is 15.0. The molecule has 0 saturated carbocycles. The topological polar surface area (TPSA) is 34.6 Å². The summed E-state index contributed by atoms with van der Waals surface area (Å²) in [5, 5.41) is 0. The lowest BCUT2D eigenvalue weighted by atomic mass is 9.89. The van der Waals surface area contributed by atoms with Crippen LogP contribution in [0, 0.1) is 0 Å². The summed E-state index contributed by atoms with van der Waals surface area (Å²) in [6.45, 7) is 8.20. The monoisotopic (exact) mass is 274 g/mol. The summed E-state index contributed by atoms with van der Waals surface area (Å²) >= 11 is 0. The van der Waals surface area contributed by atoms with Crippen molar-refractivity contribution >= 4 is 19.0 Å². The molecular weight excluding hydrogens is 251 g/mol. The van der Waals surface area contributed by atoms with Crippen molar-refractivity contribution in [2.75, 3.05) is 19.0 Å². The first-order valence-corrected chi connectivity index (χ1v) is 6.88. The molecule has 0 N–H and O–H groups in total. The van der Waals surface area contributed by atoms with Gasteiger partial charge in [-0.15, -0.1) is 0 Å². The van der Waals surface area contributed by atoms with Crippen LogP contribution in [0.5, 0.6) is 0 Å². The highest BCUT2D eigenvalue weighted by Gasteiger charge is 2.49. The lowest BCUT2D eigenvalue weighted by molar-refractivity contribution is 0.00578. The zero-order valence-electron chi connectivity index (χ0n) is 13.2. The van der Waals surface area contributed by atoms with Crippen molar-refractivity contribution in [1.29, 1.82) is 0 Å². The molecule has 108 valence electrons. The van der Waals surface area contributed by atoms with Crippen LogP contribution in [-0.2, 0) is 9.31 Å². The largest absolute Gasteiger partial charge is 0.487 e. The normalized spacial score (nSPS) is 20.6. The Morgan fingerprint density at radius 2 is 1.70 bits per heavy atom. The summed E-state index contributed by atoms with van der Waals surface area (Å²) in [5.41, 5.74) is 0.440. The Kier molecular flexibility index (Phi) is 3.94. The van der Waals surface area contributed by atoms with Gasteiger partial charge in [-0.1, -0.05) is 12.1 Å². The Bertz CT molecular complexity index is 479. The molecule has 1 saturated heterocycles. The van der Waals surface area contributed by atoms with Gasteiger partial charge in [-0.25, -0.2) is 4.98 Å². The van der Waals surface area contributed by atoms with Gasteiger partial charge in [-0.2, -0.15) is 0 Å². The fraction of sp³-hybridized carbons (Fsp3) is 0.533. The van der Waals surface area contributed by atoms with E-state index in [1.165, 1.54) is 0 Å². The number of hydrogen-bond acceptors (Lipinski definition) is 4. The minimum absolute atomic E-state index is 0.297. The standard InChI is InChI=1S/C15H23BN2O2/c1-14(2)15(3,4)20-16(19-14)10-9-12-7-8-13(17-11-12)18(5)6/h7-11H,1-6H3/b10-9+. The first-order chi connectivity index (χ1) is 9.21. The van der Waals surface area contributed by atoms with E-state index in [0.717, 1.165) is 11.4 Å². The molecule has 5 heteroatoms. The Balaban J connectivity index is 2.04. The number of pyridine rings is 1. The van der Waals surface area contributed by atoms with Crippen LogP contribution in [0.1, 0.15) is 33.3 Å². The van der Waals surface area contributed by atoms with Crippen molar-refractivity contribution in [2.24, 2.45) is 0 Å². The van der Waals surface area contributed by atoms with Crippen LogP contribution in [0.25, 0.3) is 6.08 Å². The van der Waals surface area contributed by atoms with Gasteiger partial charge in [0.05, 0.1) is 11.2 Å². The van der Waals surface area contributed by atoms with Crippen LogP contribution in [0.15, 0.2) is 24.3 Å². The molecule has 1 aliphatic rings. The molecule has 1 fully saturated rings. The van der Waals surface area contributed by atoms with Crippen molar-refractivity contribution in [3.05, 3.63) is 29.9 Å². The summed E-state index contributed by atoms with van der Waals surface area (Å²) in [6, 6.07) is 4.02. The first-order valence-electron chi connectivity index (χ1n) is 6.88. The minimum Gasteiger partial charge on any atom is -0.400 e. The van der Waals surface area contributed by atoms with Crippen LogP contribution in [0.3, 0.4) is 0 Å². The highest BCUT2D eigenvalue weighted by atomic mass is 16.7. The molecule has 0 aromatic carbocycles. The molecule has 0 radical (unpaired) electrons. The van der Waals surface area contributed by atoms with E-state index in [9.17, 15) is 0 Å². The number of nitrogens with zero attached hydrogens (tertiary/aromatic N) is 2. The summed E-state index contributed by atoms with van der Waals surface area (Å²) in [7, 11) is 3.64. The molecule has 0 aliphatic carbocycles. The smallest absolute Gasteiger partial charge is 0.400 e. The van der Waals surface area contributed by atoms with Gasteiger partial charge in [0.15, 0.2) is 0 Å². The Labute approximate surface area is 121 Å². The summed E-state index contributed by atoms with van der Waals surface area (Å²) in [5.74, 6) is 2.88. The maximum Gasteiger partial charge on any atom is 0.487 e. The van der Waals surface area contributed by atoms with Gasteiger partial charge in [0.25, 0.3) is 0 Å². The second kappa shape index (κ2) is 5.22. The fourth-order valence-electron chi connectivity index (χ4n) is 1.92. The van der Waals surface area contributed by atoms with Crippen LogP contribution < -0.4 is 4.90 Å². The van der Waals surface area contributed by atoms with E-state index >= 15 is 0 Å². The second-order valence-corrected chi connectivity index (χ2v) is 6.33. The fourth-order valence-corrected chi connectivity index (χ4v) is 1.92. The van der Waals surface area contributed by atoms with Crippen molar-refractivity contribution in [3.63, 3.8) is 0 Å². The van der Waals surface area contributed by atoms with Crippen LogP contribution in [0.2, 0.25) is 0 Å². The Hall–Kier alpha value is -1.33. The maximum absolute atomic E-state index is 5.91. The molecule has 1 aromatic heterocycles. The van der Waals surface area contributed by atoms with Crippen LogP contribution in [0.4, 0.5) is 5.82 Å². The maximum atomic E-state index is 5.91. The molecule has 4 nitrogen and oxygen atoms in total. The number of rotatable bonds is 3. The summed E-state index contributed by atoms with van der Waals surface area (Å²) in [4.78, 5) is 6.35. The molecule has 1 aliphatic heterocycles. The van der Waals surface area contributed by atoms with Crippen LogP contribution >= 0.6 is 0 Å². The van der Waals surface area contributed by atoms with E-state index in [1.807, 2.05) is 77.1 Å². The van der Waals surface area contributed by atoms with Gasteiger partial charge in [0.2, 0.25) is 0 Å². The van der Waals surface area contributed by atoms with E-state index in [2.05, 4.69) is 4.98 Å². The molecule has 0 unspecified atom stereocenters. The van der Waals surface area contributed by atoms with Crippen LogP contribution in [-0.4, -0.2) is 37.4 Å². The number of aromatic nitrogens is 1. The SMILES string of the molecule is CN(C)c1ccc(/C=C/B2OC(C)(C)C(C)(C)O2)cn1. The quantitative estimate of drug-likeness (QED) is 0.794. The molecule has 20 heavy (non-hydrogen) atoms. The van der Waals surface area contributed by atoms with Crippen molar-refractivity contribution in [2.45, 2.75) is 38.9 Å².